The zero-order valence-electron chi connectivity index (χ0n) is 10.9. The highest BCUT2D eigenvalue weighted by Crippen LogP contribution is 2.22. The summed E-state index contributed by atoms with van der Waals surface area (Å²) in [7, 11) is 0. The van der Waals surface area contributed by atoms with Gasteiger partial charge in [-0.05, 0) is 26.8 Å². The number of rotatable bonds is 3. The molecule has 0 fully saturated rings. The fourth-order valence-corrected chi connectivity index (χ4v) is 1.56. The van der Waals surface area contributed by atoms with Gasteiger partial charge in [-0.15, -0.1) is 0 Å². The summed E-state index contributed by atoms with van der Waals surface area (Å²) in [6, 6.07) is 3.08. The van der Waals surface area contributed by atoms with Gasteiger partial charge in [0.1, 0.15) is 23.7 Å². The maximum atomic E-state index is 13.7. The Hall–Kier alpha value is -1.62. The molecule has 1 aromatic carbocycles. The molecule has 1 rings (SSSR count). The van der Waals surface area contributed by atoms with Crippen LogP contribution in [-0.2, 0) is 9.53 Å². The minimum Gasteiger partial charge on any atom is -0.444 e. The van der Waals surface area contributed by atoms with Crippen LogP contribution in [0.2, 0.25) is 5.02 Å². The van der Waals surface area contributed by atoms with Crippen LogP contribution in [-0.4, -0.2) is 18.0 Å². The van der Waals surface area contributed by atoms with E-state index in [1.807, 2.05) is 0 Å². The Bertz CT molecular complexity index is 485. The van der Waals surface area contributed by atoms with Gasteiger partial charge in [0.05, 0.1) is 5.02 Å². The summed E-state index contributed by atoms with van der Waals surface area (Å²) < 4.78 is 18.7. The van der Waals surface area contributed by atoms with E-state index < -0.39 is 23.6 Å². The summed E-state index contributed by atoms with van der Waals surface area (Å²) in [6.07, 6.45) is -0.387. The predicted octanol–water partition coefficient (Wildman–Crippen LogP) is 3.24. The van der Waals surface area contributed by atoms with Gasteiger partial charge < -0.3 is 14.8 Å². The van der Waals surface area contributed by atoms with Gasteiger partial charge in [0.25, 0.3) is 0 Å². The molecule has 1 amide bonds. The molecule has 19 heavy (non-hydrogen) atoms. The first-order chi connectivity index (χ1) is 8.74. The van der Waals surface area contributed by atoms with Gasteiger partial charge in [0.15, 0.2) is 0 Å². The molecule has 0 aromatic heterocycles. The molecule has 0 radical (unpaired) electrons. The monoisotopic (exact) mass is 287 g/mol. The molecule has 1 atom stereocenters. The maximum absolute atomic E-state index is 13.7. The van der Waals surface area contributed by atoms with E-state index in [0.29, 0.717) is 6.29 Å². The molecule has 0 heterocycles. The highest BCUT2D eigenvalue weighted by molar-refractivity contribution is 6.30. The lowest BCUT2D eigenvalue weighted by Gasteiger charge is -2.21. The lowest BCUT2D eigenvalue weighted by Crippen LogP contribution is -2.35. The van der Waals surface area contributed by atoms with Crippen LogP contribution in [0, 0.1) is 5.82 Å². The fourth-order valence-electron chi connectivity index (χ4n) is 1.38. The normalized spacial score (nSPS) is 12.7. The second-order valence-corrected chi connectivity index (χ2v) is 5.31. The molecule has 0 aliphatic rings. The minimum atomic E-state index is -1.14. The van der Waals surface area contributed by atoms with E-state index in [9.17, 15) is 14.0 Å². The standard InChI is InChI=1S/C13H15ClFNO3/c1-13(2,3)19-12(18)16-10(7-17)8-5-4-6-9(14)11(8)15/h4-7,10H,1-3H3,(H,16,18). The summed E-state index contributed by atoms with van der Waals surface area (Å²) in [6.45, 7) is 5.05. The van der Waals surface area contributed by atoms with Crippen molar-refractivity contribution in [1.29, 1.82) is 0 Å². The molecule has 0 spiro atoms. The van der Waals surface area contributed by atoms with E-state index in [2.05, 4.69) is 5.32 Å². The molecule has 104 valence electrons. The van der Waals surface area contributed by atoms with Crippen LogP contribution in [0.15, 0.2) is 18.2 Å². The predicted molar refractivity (Wildman–Crippen MR) is 69.6 cm³/mol. The van der Waals surface area contributed by atoms with Crippen LogP contribution >= 0.6 is 11.6 Å². The van der Waals surface area contributed by atoms with Gasteiger partial charge >= 0.3 is 6.09 Å². The number of amides is 1. The average molecular weight is 288 g/mol. The van der Waals surface area contributed by atoms with Crippen molar-refractivity contribution in [2.75, 3.05) is 0 Å². The van der Waals surface area contributed by atoms with Gasteiger partial charge in [-0.1, -0.05) is 23.7 Å². The van der Waals surface area contributed by atoms with E-state index in [0.717, 1.165) is 0 Å². The Morgan fingerprint density at radius 1 is 1.47 bits per heavy atom. The number of hydrogen-bond donors (Lipinski definition) is 1. The summed E-state index contributed by atoms with van der Waals surface area (Å²) in [4.78, 5) is 22.5. The Morgan fingerprint density at radius 2 is 2.11 bits per heavy atom. The molecule has 0 saturated carbocycles. The molecular weight excluding hydrogens is 273 g/mol. The van der Waals surface area contributed by atoms with Gasteiger partial charge in [0.2, 0.25) is 0 Å². The Labute approximate surface area is 115 Å². The zero-order valence-corrected chi connectivity index (χ0v) is 11.6. The number of aldehydes is 1. The van der Waals surface area contributed by atoms with Crippen LogP contribution in [0.4, 0.5) is 9.18 Å². The first kappa shape index (κ1) is 15.4. The second-order valence-electron chi connectivity index (χ2n) is 4.90. The van der Waals surface area contributed by atoms with Crippen LogP contribution in [0.1, 0.15) is 32.4 Å². The van der Waals surface area contributed by atoms with Crippen LogP contribution < -0.4 is 5.32 Å². The number of halogens is 2. The molecule has 0 bridgehead atoms. The lowest BCUT2D eigenvalue weighted by atomic mass is 10.1. The van der Waals surface area contributed by atoms with Crippen molar-refractivity contribution < 1.29 is 18.7 Å². The minimum absolute atomic E-state index is 0.00615. The molecule has 1 N–H and O–H groups in total. The van der Waals surface area contributed by atoms with Crippen molar-refractivity contribution in [3.63, 3.8) is 0 Å². The third-order valence-corrected chi connectivity index (χ3v) is 2.42. The van der Waals surface area contributed by atoms with Gasteiger partial charge in [-0.3, -0.25) is 0 Å². The maximum Gasteiger partial charge on any atom is 0.408 e. The van der Waals surface area contributed by atoms with Crippen LogP contribution in [0.25, 0.3) is 0 Å². The zero-order chi connectivity index (χ0) is 14.6. The van der Waals surface area contributed by atoms with Crippen molar-refractivity contribution in [3.05, 3.63) is 34.6 Å². The van der Waals surface area contributed by atoms with Gasteiger partial charge in [-0.2, -0.15) is 0 Å². The SMILES string of the molecule is CC(C)(C)OC(=O)NC(C=O)c1cccc(Cl)c1F. The molecule has 0 saturated heterocycles. The van der Waals surface area contributed by atoms with Crippen LogP contribution in [0.5, 0.6) is 0 Å². The summed E-state index contributed by atoms with van der Waals surface area (Å²) in [5.74, 6) is -0.739. The number of benzene rings is 1. The summed E-state index contributed by atoms with van der Waals surface area (Å²) >= 11 is 5.62. The van der Waals surface area contributed by atoms with E-state index >= 15 is 0 Å². The molecule has 0 aliphatic carbocycles. The van der Waals surface area contributed by atoms with Crippen molar-refractivity contribution in [2.24, 2.45) is 0 Å². The Morgan fingerprint density at radius 3 is 2.63 bits per heavy atom. The van der Waals surface area contributed by atoms with Gasteiger partial charge in [0, 0.05) is 5.56 Å². The molecule has 1 unspecified atom stereocenters. The van der Waals surface area contributed by atoms with Crippen molar-refractivity contribution in [2.45, 2.75) is 32.4 Å². The van der Waals surface area contributed by atoms with Crippen molar-refractivity contribution in [1.82, 2.24) is 5.32 Å². The van der Waals surface area contributed by atoms with E-state index in [-0.39, 0.29) is 10.6 Å². The first-order valence-corrected chi connectivity index (χ1v) is 6.01. The summed E-state index contributed by atoms with van der Waals surface area (Å²) in [5.41, 5.74) is -0.710. The van der Waals surface area contributed by atoms with Gasteiger partial charge in [-0.25, -0.2) is 9.18 Å². The summed E-state index contributed by atoms with van der Waals surface area (Å²) in [5, 5.41) is 2.16. The molecule has 4 nitrogen and oxygen atoms in total. The quantitative estimate of drug-likeness (QED) is 0.868. The molecule has 6 heteroatoms. The number of carbonyl (C=O) groups excluding carboxylic acids is 2. The van der Waals surface area contributed by atoms with E-state index in [1.165, 1.54) is 18.2 Å². The van der Waals surface area contributed by atoms with E-state index in [4.69, 9.17) is 16.3 Å². The smallest absolute Gasteiger partial charge is 0.408 e. The Balaban J connectivity index is 2.87. The number of nitrogens with one attached hydrogen (secondary N) is 1. The van der Waals surface area contributed by atoms with E-state index in [1.54, 1.807) is 20.8 Å². The third kappa shape index (κ3) is 4.52. The van der Waals surface area contributed by atoms with Crippen LogP contribution in [0.3, 0.4) is 0 Å². The average Bonchev–Trinajstić information content (AvgIpc) is 2.27. The highest BCUT2D eigenvalue weighted by Gasteiger charge is 2.22. The highest BCUT2D eigenvalue weighted by atomic mass is 35.5. The lowest BCUT2D eigenvalue weighted by molar-refractivity contribution is -0.109. The Kier molecular flexibility index (Phi) is 4.89. The molecule has 0 aliphatic heterocycles. The fraction of sp³-hybridized carbons (Fsp3) is 0.385. The molecular formula is C13H15ClFNO3. The second kappa shape index (κ2) is 6.02. The largest absolute Gasteiger partial charge is 0.444 e. The third-order valence-electron chi connectivity index (χ3n) is 2.12. The number of ether oxygens (including phenoxy) is 1. The number of alkyl carbamates (subject to hydrolysis) is 1. The van der Waals surface area contributed by atoms with Crippen molar-refractivity contribution in [3.8, 4) is 0 Å². The molecule has 1 aromatic rings. The topological polar surface area (TPSA) is 55.4 Å². The number of carbonyl (C=O) groups is 2. The first-order valence-electron chi connectivity index (χ1n) is 5.63. The number of hydrogen-bond acceptors (Lipinski definition) is 3. The van der Waals surface area contributed by atoms with Crippen molar-refractivity contribution >= 4 is 24.0 Å².